The first-order valence-electron chi connectivity index (χ1n) is 8.50. The molecule has 1 amide bonds. The van der Waals surface area contributed by atoms with Crippen LogP contribution in [0.2, 0.25) is 0 Å². The summed E-state index contributed by atoms with van der Waals surface area (Å²) >= 11 is 0. The highest BCUT2D eigenvalue weighted by Gasteiger charge is 2.20. The van der Waals surface area contributed by atoms with E-state index in [1.54, 1.807) is 6.07 Å². The molecule has 7 nitrogen and oxygen atoms in total. The molecule has 0 aliphatic carbocycles. The van der Waals surface area contributed by atoms with E-state index in [2.05, 4.69) is 10.3 Å². The zero-order valence-electron chi connectivity index (χ0n) is 15.2. The predicted molar refractivity (Wildman–Crippen MR) is 101 cm³/mol. The van der Waals surface area contributed by atoms with Crippen molar-refractivity contribution < 1.29 is 9.18 Å². The van der Waals surface area contributed by atoms with E-state index in [9.17, 15) is 18.8 Å². The first-order chi connectivity index (χ1) is 12.9. The molecule has 0 bridgehead atoms. The Bertz CT molecular complexity index is 1160. The molecule has 140 valence electrons. The lowest BCUT2D eigenvalue weighted by Gasteiger charge is -2.15. The van der Waals surface area contributed by atoms with Gasteiger partial charge in [0.2, 0.25) is 0 Å². The van der Waals surface area contributed by atoms with E-state index in [0.29, 0.717) is 12.0 Å². The predicted octanol–water partition coefficient (Wildman–Crippen LogP) is 1.98. The number of anilines is 1. The first-order valence-corrected chi connectivity index (χ1v) is 8.50. The molecule has 3 rings (SSSR count). The molecule has 27 heavy (non-hydrogen) atoms. The van der Waals surface area contributed by atoms with Crippen LogP contribution < -0.4 is 16.6 Å². The van der Waals surface area contributed by atoms with Gasteiger partial charge >= 0.3 is 5.69 Å². The lowest BCUT2D eigenvalue weighted by atomic mass is 10.1. The Balaban J connectivity index is 2.28. The quantitative estimate of drug-likeness (QED) is 0.761. The fourth-order valence-electron chi connectivity index (χ4n) is 3.00. The third-order valence-electron chi connectivity index (χ3n) is 4.42. The summed E-state index contributed by atoms with van der Waals surface area (Å²) in [5.41, 5.74) is -0.160. The average molecular weight is 370 g/mol. The Kier molecular flexibility index (Phi) is 4.89. The van der Waals surface area contributed by atoms with Crippen molar-refractivity contribution in [2.45, 2.75) is 19.8 Å². The topological polar surface area (TPSA) is 86.0 Å². The van der Waals surface area contributed by atoms with E-state index in [-0.39, 0.29) is 22.3 Å². The molecule has 0 unspecified atom stereocenters. The molecule has 0 aliphatic heterocycles. The van der Waals surface area contributed by atoms with E-state index in [0.717, 1.165) is 11.0 Å². The largest absolute Gasteiger partial charge is 0.332 e. The Labute approximate surface area is 154 Å². The zero-order valence-corrected chi connectivity index (χ0v) is 15.2. The molecule has 0 saturated carbocycles. The van der Waals surface area contributed by atoms with Crippen molar-refractivity contribution in [1.29, 1.82) is 0 Å². The number of hydrogen-bond donors (Lipinski definition) is 1. The molecule has 8 heteroatoms. The molecule has 0 spiro atoms. The number of rotatable bonds is 4. The number of nitrogens with one attached hydrogen (secondary N) is 1. The Hall–Kier alpha value is -3.29. The zero-order chi connectivity index (χ0) is 19.7. The third-order valence-corrected chi connectivity index (χ3v) is 4.42. The van der Waals surface area contributed by atoms with Crippen molar-refractivity contribution in [2.75, 3.05) is 5.32 Å². The lowest BCUT2D eigenvalue weighted by Crippen LogP contribution is -2.38. The number of nitrogens with zero attached hydrogens (tertiary/aromatic N) is 3. The molecule has 0 radical (unpaired) electrons. The summed E-state index contributed by atoms with van der Waals surface area (Å²) < 4.78 is 16.2. The molecule has 3 aromatic rings. The van der Waals surface area contributed by atoms with Crippen LogP contribution in [0, 0.1) is 5.82 Å². The van der Waals surface area contributed by atoms with Gasteiger partial charge < -0.3 is 5.32 Å². The molecule has 0 aliphatic rings. The summed E-state index contributed by atoms with van der Waals surface area (Å²) in [6.07, 6.45) is 2.84. The van der Waals surface area contributed by atoms with Crippen LogP contribution in [0.1, 0.15) is 29.3 Å². The molecule has 0 fully saturated rings. The molecule has 2 aromatic heterocycles. The number of aromatic nitrogens is 3. The van der Waals surface area contributed by atoms with Crippen LogP contribution in [-0.2, 0) is 20.5 Å². The number of benzene rings is 1. The monoisotopic (exact) mass is 370 g/mol. The average Bonchev–Trinajstić information content (AvgIpc) is 2.66. The van der Waals surface area contributed by atoms with Crippen LogP contribution in [-0.4, -0.2) is 20.0 Å². The van der Waals surface area contributed by atoms with Gasteiger partial charge in [-0.3, -0.25) is 18.7 Å². The van der Waals surface area contributed by atoms with Crippen LogP contribution >= 0.6 is 0 Å². The number of carbonyl (C=O) groups excluding carboxylic acids is 1. The summed E-state index contributed by atoms with van der Waals surface area (Å²) in [7, 11) is 2.86. The Morgan fingerprint density at radius 3 is 2.56 bits per heavy atom. The number of amides is 1. The summed E-state index contributed by atoms with van der Waals surface area (Å²) in [6.45, 7) is 1.95. The lowest BCUT2D eigenvalue weighted by molar-refractivity contribution is 0.102. The summed E-state index contributed by atoms with van der Waals surface area (Å²) in [5.74, 6) is -1.33. The van der Waals surface area contributed by atoms with Gasteiger partial charge in [-0.2, -0.15) is 0 Å². The van der Waals surface area contributed by atoms with Crippen LogP contribution in [0.3, 0.4) is 0 Å². The minimum atomic E-state index is -0.672. The Morgan fingerprint density at radius 2 is 1.89 bits per heavy atom. The summed E-state index contributed by atoms with van der Waals surface area (Å²) in [5, 5.41) is 2.78. The van der Waals surface area contributed by atoms with Crippen molar-refractivity contribution in [3.8, 4) is 0 Å². The molecule has 0 atom stereocenters. The Morgan fingerprint density at radius 1 is 1.19 bits per heavy atom. The fourth-order valence-corrected chi connectivity index (χ4v) is 3.00. The van der Waals surface area contributed by atoms with Gasteiger partial charge in [0.05, 0.1) is 11.3 Å². The molecule has 1 N–H and O–H groups in total. The van der Waals surface area contributed by atoms with E-state index < -0.39 is 23.0 Å². The molecular formula is C19H19FN4O3. The normalized spacial score (nSPS) is 11.0. The maximum absolute atomic E-state index is 14.0. The van der Waals surface area contributed by atoms with Crippen molar-refractivity contribution >= 4 is 22.6 Å². The molecule has 0 saturated heterocycles. The van der Waals surface area contributed by atoms with Crippen LogP contribution in [0.5, 0.6) is 0 Å². The highest BCUT2D eigenvalue weighted by Crippen LogP contribution is 2.24. The van der Waals surface area contributed by atoms with Gasteiger partial charge in [-0.1, -0.05) is 25.5 Å². The number of aryl methyl sites for hydroxylation is 2. The highest BCUT2D eigenvalue weighted by molar-refractivity contribution is 6.09. The molecule has 2 heterocycles. The van der Waals surface area contributed by atoms with E-state index in [1.165, 1.54) is 43.1 Å². The minimum absolute atomic E-state index is 0.121. The van der Waals surface area contributed by atoms with Gasteiger partial charge in [0.1, 0.15) is 11.2 Å². The summed E-state index contributed by atoms with van der Waals surface area (Å²) in [4.78, 5) is 41.8. The van der Waals surface area contributed by atoms with E-state index in [1.807, 2.05) is 6.92 Å². The number of fused-ring (bicyclic) bond motifs is 1. The van der Waals surface area contributed by atoms with Crippen LogP contribution in [0.25, 0.3) is 11.0 Å². The van der Waals surface area contributed by atoms with Crippen molar-refractivity contribution in [3.05, 3.63) is 68.2 Å². The fraction of sp³-hybridized carbons (Fsp3) is 0.263. The summed E-state index contributed by atoms with van der Waals surface area (Å²) in [6, 6.07) is 5.59. The molecule has 1 aromatic carbocycles. The number of hydrogen-bond acceptors (Lipinski definition) is 4. The van der Waals surface area contributed by atoms with Gasteiger partial charge in [-0.15, -0.1) is 0 Å². The maximum atomic E-state index is 14.0. The number of carbonyl (C=O) groups is 1. The highest BCUT2D eigenvalue weighted by atomic mass is 19.1. The van der Waals surface area contributed by atoms with Crippen molar-refractivity contribution in [3.63, 3.8) is 0 Å². The third kappa shape index (κ3) is 3.14. The van der Waals surface area contributed by atoms with Gasteiger partial charge in [0, 0.05) is 20.3 Å². The van der Waals surface area contributed by atoms with Gasteiger partial charge in [0.15, 0.2) is 5.65 Å². The SMILES string of the molecule is CCCc1cnc2c(c1NC(=O)c1ccccc1F)c(=O)n(C)c(=O)n2C. The van der Waals surface area contributed by atoms with Crippen LogP contribution in [0.15, 0.2) is 40.1 Å². The van der Waals surface area contributed by atoms with Crippen LogP contribution in [0.4, 0.5) is 10.1 Å². The smallest absolute Gasteiger partial charge is 0.321 e. The second kappa shape index (κ2) is 7.14. The van der Waals surface area contributed by atoms with Crippen molar-refractivity contribution in [1.82, 2.24) is 14.1 Å². The maximum Gasteiger partial charge on any atom is 0.332 e. The number of pyridine rings is 1. The minimum Gasteiger partial charge on any atom is -0.321 e. The second-order valence-corrected chi connectivity index (χ2v) is 6.25. The van der Waals surface area contributed by atoms with Crippen molar-refractivity contribution in [2.24, 2.45) is 14.1 Å². The molecular weight excluding hydrogens is 351 g/mol. The van der Waals surface area contributed by atoms with Gasteiger partial charge in [-0.25, -0.2) is 14.2 Å². The number of halogens is 1. The van der Waals surface area contributed by atoms with E-state index in [4.69, 9.17) is 0 Å². The standard InChI is InChI=1S/C19H19FN4O3/c1-4-7-11-10-21-16-14(18(26)24(3)19(27)23(16)2)15(11)22-17(25)12-8-5-6-9-13(12)20/h5-6,8-10H,4,7H2,1-3H3,(H,21,22,25). The van der Waals surface area contributed by atoms with Gasteiger partial charge in [0.25, 0.3) is 11.5 Å². The second-order valence-electron chi connectivity index (χ2n) is 6.25. The van der Waals surface area contributed by atoms with E-state index >= 15 is 0 Å². The first kappa shape index (κ1) is 18.5. The van der Waals surface area contributed by atoms with Gasteiger partial charge in [-0.05, 0) is 24.1 Å².